The number of rotatable bonds is 11. The molecule has 3 aromatic rings. The van der Waals surface area contributed by atoms with Crippen molar-refractivity contribution < 1.29 is 14.3 Å². The highest BCUT2D eigenvalue weighted by Gasteiger charge is 2.17. The number of hydrogen-bond acceptors (Lipinski definition) is 6. The fourth-order valence-corrected chi connectivity index (χ4v) is 4.60. The average molecular weight is 522 g/mol. The molecule has 0 aliphatic carbocycles. The van der Waals surface area contributed by atoms with Gasteiger partial charge in [-0.3, -0.25) is 14.8 Å². The highest BCUT2D eigenvalue weighted by atomic mass is 35.5. The van der Waals surface area contributed by atoms with Crippen LogP contribution in [0.1, 0.15) is 42.1 Å². The number of carbonyl (C=O) groups is 1. The molecule has 1 aromatic heterocycles. The Kier molecular flexibility index (Phi) is 10.4. The van der Waals surface area contributed by atoms with Crippen LogP contribution in [0.2, 0.25) is 5.02 Å². The van der Waals surface area contributed by atoms with Crippen molar-refractivity contribution in [2.75, 3.05) is 45.9 Å². The van der Waals surface area contributed by atoms with Crippen LogP contribution in [-0.2, 0) is 11.3 Å². The number of esters is 1. The van der Waals surface area contributed by atoms with Gasteiger partial charge in [-0.05, 0) is 67.9 Å². The molecule has 1 fully saturated rings. The Morgan fingerprint density at radius 2 is 1.78 bits per heavy atom. The minimum Gasteiger partial charge on any atom is -0.492 e. The Morgan fingerprint density at radius 3 is 2.62 bits per heavy atom. The molecule has 1 aliphatic heterocycles. The van der Waals surface area contributed by atoms with Crippen molar-refractivity contribution in [1.82, 2.24) is 14.8 Å². The molecule has 0 unspecified atom stereocenters. The first kappa shape index (κ1) is 27.1. The molecule has 2 aromatic carbocycles. The Balaban J connectivity index is 1.25. The number of halogens is 1. The van der Waals surface area contributed by atoms with E-state index in [1.165, 1.54) is 5.56 Å². The molecule has 1 saturated heterocycles. The zero-order valence-electron chi connectivity index (χ0n) is 21.6. The number of pyridine rings is 1. The second kappa shape index (κ2) is 14.1. The van der Waals surface area contributed by atoms with Gasteiger partial charge in [0.05, 0.1) is 17.9 Å². The second-order valence-electron chi connectivity index (χ2n) is 9.36. The predicted molar refractivity (Wildman–Crippen MR) is 148 cm³/mol. The van der Waals surface area contributed by atoms with Gasteiger partial charge < -0.3 is 9.47 Å². The number of benzene rings is 2. The molecule has 1 aliphatic rings. The van der Waals surface area contributed by atoms with E-state index >= 15 is 0 Å². The monoisotopic (exact) mass is 521 g/mol. The van der Waals surface area contributed by atoms with E-state index in [0.717, 1.165) is 74.8 Å². The van der Waals surface area contributed by atoms with Crippen molar-refractivity contribution in [3.8, 4) is 17.0 Å². The quantitative estimate of drug-likeness (QED) is 0.230. The fraction of sp³-hybridized carbons (Fsp3) is 0.400. The van der Waals surface area contributed by atoms with Gasteiger partial charge in [0.2, 0.25) is 0 Å². The lowest BCUT2D eigenvalue weighted by molar-refractivity contribution is 0.0499. The first-order valence-electron chi connectivity index (χ1n) is 13.2. The van der Waals surface area contributed by atoms with Crippen LogP contribution >= 0.6 is 11.6 Å². The van der Waals surface area contributed by atoms with E-state index in [2.05, 4.69) is 27.8 Å². The smallest absolute Gasteiger partial charge is 0.338 e. The number of unbranched alkanes of at least 4 members (excludes halogenated alkanes) is 1. The van der Waals surface area contributed by atoms with E-state index in [1.807, 2.05) is 48.7 Å². The number of nitrogens with zero attached hydrogens (tertiary/aromatic N) is 3. The number of aromatic nitrogens is 1. The maximum Gasteiger partial charge on any atom is 0.338 e. The molecule has 0 N–H and O–H groups in total. The van der Waals surface area contributed by atoms with Gasteiger partial charge in [-0.1, -0.05) is 49.2 Å². The van der Waals surface area contributed by atoms with Gasteiger partial charge in [-0.25, -0.2) is 4.79 Å². The van der Waals surface area contributed by atoms with Gasteiger partial charge in [-0.2, -0.15) is 0 Å². The van der Waals surface area contributed by atoms with E-state index in [-0.39, 0.29) is 5.97 Å². The van der Waals surface area contributed by atoms with E-state index in [4.69, 9.17) is 21.1 Å². The molecule has 0 bridgehead atoms. The second-order valence-corrected chi connectivity index (χ2v) is 9.79. The van der Waals surface area contributed by atoms with Crippen molar-refractivity contribution >= 4 is 17.6 Å². The maximum absolute atomic E-state index is 12.2. The minimum absolute atomic E-state index is 0.292. The number of hydrogen-bond donors (Lipinski definition) is 0. The van der Waals surface area contributed by atoms with Crippen LogP contribution in [0, 0.1) is 0 Å². The molecule has 0 atom stereocenters. The normalized spacial score (nSPS) is 14.8. The molecule has 6 nitrogen and oxygen atoms in total. The van der Waals surface area contributed by atoms with Gasteiger partial charge >= 0.3 is 5.97 Å². The molecule has 7 heteroatoms. The van der Waals surface area contributed by atoms with Crippen LogP contribution in [0.4, 0.5) is 0 Å². The molecule has 4 rings (SSSR count). The van der Waals surface area contributed by atoms with Crippen molar-refractivity contribution in [3.63, 3.8) is 0 Å². The zero-order chi connectivity index (χ0) is 25.9. The summed E-state index contributed by atoms with van der Waals surface area (Å²) in [4.78, 5) is 21.8. The fourth-order valence-electron chi connectivity index (χ4n) is 4.48. The summed E-state index contributed by atoms with van der Waals surface area (Å²) < 4.78 is 11.3. The Bertz CT molecular complexity index is 1140. The minimum atomic E-state index is -0.292. The number of ether oxygens (including phenoxy) is 2. The van der Waals surface area contributed by atoms with Gasteiger partial charge in [0.15, 0.2) is 0 Å². The lowest BCUT2D eigenvalue weighted by atomic mass is 10.1. The molecule has 0 spiro atoms. The summed E-state index contributed by atoms with van der Waals surface area (Å²) in [7, 11) is 0. The maximum atomic E-state index is 12.2. The Hall–Kier alpha value is -2.93. The highest BCUT2D eigenvalue weighted by molar-refractivity contribution is 6.30. The van der Waals surface area contributed by atoms with Crippen LogP contribution in [0.25, 0.3) is 11.3 Å². The molecule has 196 valence electrons. The molecule has 0 amide bonds. The summed E-state index contributed by atoms with van der Waals surface area (Å²) in [6.45, 7) is 8.91. The molecule has 0 radical (unpaired) electrons. The molecule has 37 heavy (non-hydrogen) atoms. The molecular formula is C30H36ClN3O3. The Morgan fingerprint density at radius 1 is 0.973 bits per heavy atom. The predicted octanol–water partition coefficient (Wildman–Crippen LogP) is 5.95. The summed E-state index contributed by atoms with van der Waals surface area (Å²) >= 11 is 6.08. The van der Waals surface area contributed by atoms with Crippen LogP contribution in [0.15, 0.2) is 66.9 Å². The van der Waals surface area contributed by atoms with Gasteiger partial charge in [0.25, 0.3) is 0 Å². The van der Waals surface area contributed by atoms with Crippen molar-refractivity contribution in [3.05, 3.63) is 83.0 Å². The zero-order valence-corrected chi connectivity index (χ0v) is 22.3. The van der Waals surface area contributed by atoms with Crippen LogP contribution < -0.4 is 4.74 Å². The summed E-state index contributed by atoms with van der Waals surface area (Å²) in [5.74, 6) is 0.409. The average Bonchev–Trinajstić information content (AvgIpc) is 3.15. The summed E-state index contributed by atoms with van der Waals surface area (Å²) in [6, 6.07) is 19.3. The first-order chi connectivity index (χ1) is 18.1. The molecular weight excluding hydrogens is 486 g/mol. The summed E-state index contributed by atoms with van der Waals surface area (Å²) in [5, 5.41) is 0.732. The third-order valence-electron chi connectivity index (χ3n) is 6.56. The largest absolute Gasteiger partial charge is 0.492 e. The summed E-state index contributed by atoms with van der Waals surface area (Å²) in [6.07, 6.45) is 4.83. The molecule has 2 heterocycles. The lowest BCUT2D eigenvalue weighted by Gasteiger charge is -2.22. The van der Waals surface area contributed by atoms with E-state index in [0.29, 0.717) is 24.5 Å². The van der Waals surface area contributed by atoms with Crippen LogP contribution in [-0.4, -0.2) is 66.7 Å². The third kappa shape index (κ3) is 8.29. The van der Waals surface area contributed by atoms with Crippen molar-refractivity contribution in [2.45, 2.75) is 32.7 Å². The van der Waals surface area contributed by atoms with E-state index in [9.17, 15) is 4.79 Å². The van der Waals surface area contributed by atoms with E-state index < -0.39 is 0 Å². The SMILES string of the molecule is CCCCOC(=O)c1cccc(OCCN2CCCN(Cc3cccnc3-c3ccc(Cl)cc3)CC2)c1. The highest BCUT2D eigenvalue weighted by Crippen LogP contribution is 2.24. The first-order valence-corrected chi connectivity index (χ1v) is 13.5. The van der Waals surface area contributed by atoms with Gasteiger partial charge in [0, 0.05) is 43.0 Å². The Labute approximate surface area is 225 Å². The standard InChI is InChI=1S/C30H36ClN3O3/c1-2-3-20-37-30(35)25-7-4-9-28(22-25)36-21-19-33-15-6-16-34(18-17-33)23-26-8-5-14-32-29(26)24-10-12-27(31)13-11-24/h4-5,7-14,22H,2-3,6,15-21,23H2,1H3. The summed E-state index contributed by atoms with van der Waals surface area (Å²) in [5.41, 5.74) is 3.87. The lowest BCUT2D eigenvalue weighted by Crippen LogP contribution is -2.33. The topological polar surface area (TPSA) is 54.9 Å². The third-order valence-corrected chi connectivity index (χ3v) is 6.81. The molecule has 0 saturated carbocycles. The van der Waals surface area contributed by atoms with Crippen molar-refractivity contribution in [1.29, 1.82) is 0 Å². The van der Waals surface area contributed by atoms with Crippen LogP contribution in [0.5, 0.6) is 5.75 Å². The van der Waals surface area contributed by atoms with Crippen LogP contribution in [0.3, 0.4) is 0 Å². The van der Waals surface area contributed by atoms with Crippen molar-refractivity contribution in [2.24, 2.45) is 0 Å². The van der Waals surface area contributed by atoms with Gasteiger partial charge in [-0.15, -0.1) is 0 Å². The number of carbonyl (C=O) groups excluding carboxylic acids is 1. The van der Waals surface area contributed by atoms with E-state index in [1.54, 1.807) is 12.1 Å². The van der Waals surface area contributed by atoms with Gasteiger partial charge in [0.1, 0.15) is 12.4 Å².